The van der Waals surface area contributed by atoms with Gasteiger partial charge in [0.05, 0.1) is 32.1 Å². The Bertz CT molecular complexity index is 697. The van der Waals surface area contributed by atoms with Crippen molar-refractivity contribution < 1.29 is 19.0 Å². The first kappa shape index (κ1) is 16.8. The van der Waals surface area contributed by atoms with E-state index >= 15 is 0 Å². The van der Waals surface area contributed by atoms with Crippen molar-refractivity contribution in [3.63, 3.8) is 0 Å². The molecule has 23 heavy (non-hydrogen) atoms. The minimum atomic E-state index is -0.348. The van der Waals surface area contributed by atoms with Crippen molar-refractivity contribution >= 4 is 11.5 Å². The summed E-state index contributed by atoms with van der Waals surface area (Å²) in [6, 6.07) is 3.07. The van der Waals surface area contributed by atoms with Crippen LogP contribution in [0, 0.1) is 0 Å². The van der Waals surface area contributed by atoms with Crippen molar-refractivity contribution in [3.05, 3.63) is 29.6 Å². The van der Waals surface area contributed by atoms with Crippen LogP contribution >= 0.6 is 0 Å². The third-order valence-corrected chi connectivity index (χ3v) is 3.09. The average molecular weight is 320 g/mol. The van der Waals surface area contributed by atoms with E-state index in [0.29, 0.717) is 11.5 Å². The van der Waals surface area contributed by atoms with Gasteiger partial charge in [-0.05, 0) is 19.9 Å². The molecule has 2 rings (SSSR count). The monoisotopic (exact) mass is 320 g/mol. The second-order valence-corrected chi connectivity index (χ2v) is 5.07. The van der Waals surface area contributed by atoms with Crippen molar-refractivity contribution in [2.75, 3.05) is 20.0 Å². The molecule has 1 aromatic heterocycles. The number of carbonyl (C=O) groups excluding carboxylic acids is 1. The van der Waals surface area contributed by atoms with Crippen LogP contribution in [0.1, 0.15) is 29.9 Å². The number of ether oxygens (including phenoxy) is 3. The van der Waals surface area contributed by atoms with Gasteiger partial charge in [0.25, 0.3) is 0 Å². The standard InChI is InChI=1S/C15H20N4O4/c1-9(2)23-8-19-17-7-12(18-19)15(20)10-5-13(21-3)14(22-4)6-11(10)16/h5-7,9H,8,16H2,1-4H3. The van der Waals surface area contributed by atoms with Crippen LogP contribution < -0.4 is 15.2 Å². The molecule has 0 bridgehead atoms. The highest BCUT2D eigenvalue weighted by Crippen LogP contribution is 2.32. The van der Waals surface area contributed by atoms with Crippen LogP contribution in [-0.2, 0) is 11.5 Å². The van der Waals surface area contributed by atoms with Crippen molar-refractivity contribution in [2.24, 2.45) is 0 Å². The summed E-state index contributed by atoms with van der Waals surface area (Å²) in [5.74, 6) is 0.523. The predicted octanol–water partition coefficient (Wildman–Crippen LogP) is 1.49. The quantitative estimate of drug-likeness (QED) is 0.609. The summed E-state index contributed by atoms with van der Waals surface area (Å²) in [5, 5.41) is 8.10. The van der Waals surface area contributed by atoms with Crippen molar-refractivity contribution in [1.82, 2.24) is 15.0 Å². The van der Waals surface area contributed by atoms with E-state index in [9.17, 15) is 4.79 Å². The summed E-state index contributed by atoms with van der Waals surface area (Å²) in [6.45, 7) is 3.98. The second kappa shape index (κ2) is 7.10. The van der Waals surface area contributed by atoms with E-state index < -0.39 is 0 Å². The summed E-state index contributed by atoms with van der Waals surface area (Å²) in [7, 11) is 2.99. The van der Waals surface area contributed by atoms with Gasteiger partial charge in [0.1, 0.15) is 0 Å². The molecule has 1 heterocycles. The highest BCUT2D eigenvalue weighted by molar-refractivity contribution is 6.11. The third-order valence-electron chi connectivity index (χ3n) is 3.09. The zero-order chi connectivity index (χ0) is 17.0. The number of anilines is 1. The Morgan fingerprint density at radius 1 is 1.26 bits per heavy atom. The lowest BCUT2D eigenvalue weighted by Gasteiger charge is -2.11. The Morgan fingerprint density at radius 3 is 2.52 bits per heavy atom. The molecule has 2 N–H and O–H groups in total. The molecule has 2 aromatic rings. The number of carbonyl (C=O) groups is 1. The zero-order valence-electron chi connectivity index (χ0n) is 13.6. The van der Waals surface area contributed by atoms with Gasteiger partial charge in [0.2, 0.25) is 5.78 Å². The Hall–Kier alpha value is -2.61. The summed E-state index contributed by atoms with van der Waals surface area (Å²) in [6.07, 6.45) is 1.42. The van der Waals surface area contributed by atoms with Crippen molar-refractivity contribution in [3.8, 4) is 11.5 Å². The van der Waals surface area contributed by atoms with Gasteiger partial charge >= 0.3 is 0 Å². The Kier molecular flexibility index (Phi) is 5.17. The zero-order valence-corrected chi connectivity index (χ0v) is 13.6. The SMILES string of the molecule is COc1cc(N)c(C(=O)c2cnn(COC(C)C)n2)cc1OC. The molecule has 0 saturated carbocycles. The number of aromatic nitrogens is 3. The highest BCUT2D eigenvalue weighted by Gasteiger charge is 2.19. The van der Waals surface area contributed by atoms with Gasteiger partial charge in [0.15, 0.2) is 23.9 Å². The minimum absolute atomic E-state index is 0.0432. The fraction of sp³-hybridized carbons (Fsp3) is 0.400. The Labute approximate surface area is 134 Å². The molecule has 124 valence electrons. The number of nitrogens with two attached hydrogens (primary N) is 1. The molecule has 8 heteroatoms. The van der Waals surface area contributed by atoms with Crippen LogP contribution in [0.3, 0.4) is 0 Å². The minimum Gasteiger partial charge on any atom is -0.493 e. The van der Waals surface area contributed by atoms with Crippen LogP contribution in [0.25, 0.3) is 0 Å². The molecule has 0 amide bonds. The molecular formula is C15H20N4O4. The van der Waals surface area contributed by atoms with E-state index in [4.69, 9.17) is 19.9 Å². The number of benzene rings is 1. The fourth-order valence-corrected chi connectivity index (χ4v) is 1.91. The van der Waals surface area contributed by atoms with E-state index in [1.54, 1.807) is 6.07 Å². The lowest BCUT2D eigenvalue weighted by Crippen LogP contribution is -2.12. The first-order valence-electron chi connectivity index (χ1n) is 7.04. The molecular weight excluding hydrogens is 300 g/mol. The van der Waals surface area contributed by atoms with E-state index in [1.165, 1.54) is 31.3 Å². The summed E-state index contributed by atoms with van der Waals surface area (Å²) in [5.41, 5.74) is 6.66. The van der Waals surface area contributed by atoms with E-state index in [-0.39, 0.29) is 35.6 Å². The molecule has 1 aromatic carbocycles. The van der Waals surface area contributed by atoms with E-state index in [0.717, 1.165) is 0 Å². The molecule has 0 atom stereocenters. The fourth-order valence-electron chi connectivity index (χ4n) is 1.91. The van der Waals surface area contributed by atoms with Gasteiger partial charge < -0.3 is 19.9 Å². The van der Waals surface area contributed by atoms with Gasteiger partial charge in [-0.2, -0.15) is 9.90 Å². The lowest BCUT2D eigenvalue weighted by molar-refractivity contribution is 0.0143. The molecule has 0 spiro atoms. The molecule has 0 aliphatic carbocycles. The van der Waals surface area contributed by atoms with Crippen LogP contribution in [0.15, 0.2) is 18.3 Å². The normalized spacial score (nSPS) is 10.8. The molecule has 0 unspecified atom stereocenters. The first-order valence-corrected chi connectivity index (χ1v) is 7.04. The molecule has 8 nitrogen and oxygen atoms in total. The van der Waals surface area contributed by atoms with Gasteiger partial charge in [-0.15, -0.1) is 5.10 Å². The maximum absolute atomic E-state index is 12.6. The van der Waals surface area contributed by atoms with Crippen LogP contribution in [0.2, 0.25) is 0 Å². The Balaban J connectivity index is 2.26. The number of hydrogen-bond acceptors (Lipinski definition) is 7. The number of ketones is 1. The maximum Gasteiger partial charge on any atom is 0.217 e. The van der Waals surface area contributed by atoms with Gasteiger partial charge in [-0.25, -0.2) is 0 Å². The summed E-state index contributed by atoms with van der Waals surface area (Å²) < 4.78 is 15.7. The average Bonchev–Trinajstić information content (AvgIpc) is 3.00. The Morgan fingerprint density at radius 2 is 1.91 bits per heavy atom. The summed E-state index contributed by atoms with van der Waals surface area (Å²) >= 11 is 0. The molecule has 0 fully saturated rings. The maximum atomic E-state index is 12.6. The number of methoxy groups -OCH3 is 2. The second-order valence-electron chi connectivity index (χ2n) is 5.07. The molecule has 0 radical (unpaired) electrons. The third kappa shape index (κ3) is 3.78. The predicted molar refractivity (Wildman–Crippen MR) is 83.6 cm³/mol. The van der Waals surface area contributed by atoms with E-state index in [2.05, 4.69) is 10.2 Å². The topological polar surface area (TPSA) is 101 Å². The van der Waals surface area contributed by atoms with E-state index in [1.807, 2.05) is 13.8 Å². The van der Waals surface area contributed by atoms with Crippen molar-refractivity contribution in [2.45, 2.75) is 26.7 Å². The number of rotatable bonds is 7. The molecule has 0 aliphatic heterocycles. The lowest BCUT2D eigenvalue weighted by atomic mass is 10.1. The largest absolute Gasteiger partial charge is 0.493 e. The van der Waals surface area contributed by atoms with Gasteiger partial charge in [0, 0.05) is 11.8 Å². The van der Waals surface area contributed by atoms with Crippen LogP contribution in [0.4, 0.5) is 5.69 Å². The van der Waals surface area contributed by atoms with Crippen LogP contribution in [0.5, 0.6) is 11.5 Å². The summed E-state index contributed by atoms with van der Waals surface area (Å²) in [4.78, 5) is 13.9. The smallest absolute Gasteiger partial charge is 0.217 e. The first-order chi connectivity index (χ1) is 11.0. The van der Waals surface area contributed by atoms with Crippen LogP contribution in [-0.4, -0.2) is 41.1 Å². The highest BCUT2D eigenvalue weighted by atomic mass is 16.5. The van der Waals surface area contributed by atoms with Gasteiger partial charge in [-0.1, -0.05) is 0 Å². The molecule has 0 saturated heterocycles. The van der Waals surface area contributed by atoms with Gasteiger partial charge in [-0.3, -0.25) is 4.79 Å². The number of nitrogens with zero attached hydrogens (tertiary/aromatic N) is 3. The van der Waals surface area contributed by atoms with Crippen molar-refractivity contribution in [1.29, 1.82) is 0 Å². The molecule has 0 aliphatic rings. The number of hydrogen-bond donors (Lipinski definition) is 1. The number of nitrogen functional groups attached to an aromatic ring is 1.